The Labute approximate surface area is 112 Å². The number of fused-ring (bicyclic) bond motifs is 1. The maximum absolute atomic E-state index is 13.7. The summed E-state index contributed by atoms with van der Waals surface area (Å²) in [6.45, 7) is 1.98. The van der Waals surface area contributed by atoms with E-state index < -0.39 is 0 Å². The summed E-state index contributed by atoms with van der Waals surface area (Å²) in [5.74, 6) is -0.252. The lowest BCUT2D eigenvalue weighted by Crippen LogP contribution is -1.86. The quantitative estimate of drug-likeness (QED) is 0.658. The minimum atomic E-state index is -0.252. The molecule has 0 fully saturated rings. The van der Waals surface area contributed by atoms with Crippen LogP contribution in [-0.2, 0) is 0 Å². The van der Waals surface area contributed by atoms with Crippen molar-refractivity contribution in [1.29, 1.82) is 0 Å². The van der Waals surface area contributed by atoms with Crippen molar-refractivity contribution in [2.75, 3.05) is 0 Å². The molecule has 18 heavy (non-hydrogen) atoms. The van der Waals surface area contributed by atoms with Crippen LogP contribution in [0.1, 0.15) is 5.56 Å². The van der Waals surface area contributed by atoms with Gasteiger partial charge in [-0.05, 0) is 46.6 Å². The van der Waals surface area contributed by atoms with Crippen LogP contribution in [0.15, 0.2) is 47.2 Å². The average Bonchev–Trinajstić information content (AvgIpc) is 2.73. The van der Waals surface area contributed by atoms with E-state index in [1.807, 2.05) is 35.9 Å². The van der Waals surface area contributed by atoms with Crippen molar-refractivity contribution in [3.63, 3.8) is 0 Å². The summed E-state index contributed by atoms with van der Waals surface area (Å²) in [5, 5.41) is 0. The molecule has 0 radical (unpaired) electrons. The van der Waals surface area contributed by atoms with E-state index in [1.54, 1.807) is 12.1 Å². The molecular formula is C14H10BrFN2. The molecule has 0 saturated heterocycles. The van der Waals surface area contributed by atoms with Gasteiger partial charge in [-0.1, -0.05) is 12.1 Å². The van der Waals surface area contributed by atoms with E-state index in [-0.39, 0.29) is 5.82 Å². The third-order valence-electron chi connectivity index (χ3n) is 2.85. The lowest BCUT2D eigenvalue weighted by atomic mass is 10.1. The lowest BCUT2D eigenvalue weighted by Gasteiger charge is -1.97. The fraction of sp³-hybridized carbons (Fsp3) is 0.0714. The first-order valence-electron chi connectivity index (χ1n) is 5.55. The predicted molar refractivity (Wildman–Crippen MR) is 73.0 cm³/mol. The van der Waals surface area contributed by atoms with Crippen LogP contribution in [-0.4, -0.2) is 9.38 Å². The van der Waals surface area contributed by atoms with Crippen LogP contribution in [0.25, 0.3) is 16.9 Å². The zero-order chi connectivity index (χ0) is 12.7. The standard InChI is InChI=1S/C14H10BrFN2/c1-9-6-10(15)7-18-8-13(17-14(9)18)11-4-2-3-5-12(11)16/h2-8H,1H3. The molecule has 0 aliphatic heterocycles. The summed E-state index contributed by atoms with van der Waals surface area (Å²) >= 11 is 3.44. The van der Waals surface area contributed by atoms with Crippen molar-refractivity contribution in [1.82, 2.24) is 9.38 Å². The molecule has 0 unspecified atom stereocenters. The van der Waals surface area contributed by atoms with Gasteiger partial charge in [0.25, 0.3) is 0 Å². The Morgan fingerprint density at radius 3 is 2.78 bits per heavy atom. The fourth-order valence-corrected chi connectivity index (χ4v) is 2.59. The number of hydrogen-bond donors (Lipinski definition) is 0. The van der Waals surface area contributed by atoms with E-state index in [4.69, 9.17) is 0 Å². The van der Waals surface area contributed by atoms with Crippen molar-refractivity contribution in [3.8, 4) is 11.3 Å². The van der Waals surface area contributed by atoms with Crippen molar-refractivity contribution >= 4 is 21.6 Å². The minimum Gasteiger partial charge on any atom is -0.305 e. The molecule has 2 aromatic heterocycles. The summed E-state index contributed by atoms with van der Waals surface area (Å²) in [4.78, 5) is 4.49. The van der Waals surface area contributed by atoms with Gasteiger partial charge in [-0.15, -0.1) is 0 Å². The second-order valence-electron chi connectivity index (χ2n) is 4.18. The van der Waals surface area contributed by atoms with Crippen LogP contribution >= 0.6 is 15.9 Å². The van der Waals surface area contributed by atoms with E-state index in [2.05, 4.69) is 20.9 Å². The Morgan fingerprint density at radius 2 is 2.00 bits per heavy atom. The van der Waals surface area contributed by atoms with Crippen LogP contribution in [0, 0.1) is 12.7 Å². The monoisotopic (exact) mass is 304 g/mol. The van der Waals surface area contributed by atoms with Gasteiger partial charge in [-0.25, -0.2) is 9.37 Å². The molecule has 3 rings (SSSR count). The molecule has 1 aromatic carbocycles. The zero-order valence-electron chi connectivity index (χ0n) is 9.69. The van der Waals surface area contributed by atoms with Gasteiger partial charge >= 0.3 is 0 Å². The second-order valence-corrected chi connectivity index (χ2v) is 5.09. The lowest BCUT2D eigenvalue weighted by molar-refractivity contribution is 0.631. The van der Waals surface area contributed by atoms with Gasteiger partial charge in [-0.3, -0.25) is 0 Å². The van der Waals surface area contributed by atoms with Gasteiger partial charge in [-0.2, -0.15) is 0 Å². The highest BCUT2D eigenvalue weighted by Crippen LogP contribution is 2.24. The Kier molecular flexibility index (Phi) is 2.67. The van der Waals surface area contributed by atoms with E-state index in [0.717, 1.165) is 15.7 Å². The minimum absolute atomic E-state index is 0.252. The number of imidazole rings is 1. The molecule has 90 valence electrons. The second kappa shape index (κ2) is 4.21. The van der Waals surface area contributed by atoms with Crippen LogP contribution in [0.2, 0.25) is 0 Å². The molecule has 2 heterocycles. The third kappa shape index (κ3) is 1.82. The summed E-state index contributed by atoms with van der Waals surface area (Å²) in [5.41, 5.74) is 3.06. The molecular weight excluding hydrogens is 295 g/mol. The van der Waals surface area contributed by atoms with Crippen molar-refractivity contribution in [3.05, 3.63) is 58.6 Å². The first-order valence-corrected chi connectivity index (χ1v) is 6.34. The molecule has 0 saturated carbocycles. The van der Waals surface area contributed by atoms with E-state index in [0.29, 0.717) is 11.3 Å². The predicted octanol–water partition coefficient (Wildman–Crippen LogP) is 4.21. The van der Waals surface area contributed by atoms with Gasteiger partial charge in [0.2, 0.25) is 0 Å². The Hall–Kier alpha value is -1.68. The fourth-order valence-electron chi connectivity index (χ4n) is 2.02. The van der Waals surface area contributed by atoms with Gasteiger partial charge in [0.15, 0.2) is 0 Å². The normalized spacial score (nSPS) is 11.1. The number of benzene rings is 1. The number of hydrogen-bond acceptors (Lipinski definition) is 1. The zero-order valence-corrected chi connectivity index (χ0v) is 11.3. The molecule has 0 N–H and O–H groups in total. The van der Waals surface area contributed by atoms with Crippen LogP contribution < -0.4 is 0 Å². The molecule has 0 aliphatic rings. The summed E-state index contributed by atoms with van der Waals surface area (Å²) in [6, 6.07) is 8.67. The Bertz CT molecular complexity index is 734. The van der Waals surface area contributed by atoms with Crippen molar-refractivity contribution < 1.29 is 4.39 Å². The maximum Gasteiger partial charge on any atom is 0.140 e. The molecule has 0 amide bonds. The van der Waals surface area contributed by atoms with Gasteiger partial charge in [0.05, 0.1) is 5.69 Å². The van der Waals surface area contributed by atoms with Gasteiger partial charge in [0, 0.05) is 22.4 Å². The van der Waals surface area contributed by atoms with E-state index >= 15 is 0 Å². The summed E-state index contributed by atoms with van der Waals surface area (Å²) in [7, 11) is 0. The summed E-state index contributed by atoms with van der Waals surface area (Å²) < 4.78 is 16.6. The highest BCUT2D eigenvalue weighted by Gasteiger charge is 2.10. The molecule has 0 atom stereocenters. The average molecular weight is 305 g/mol. The van der Waals surface area contributed by atoms with Gasteiger partial charge < -0.3 is 4.40 Å². The summed E-state index contributed by atoms with van der Waals surface area (Å²) in [6.07, 6.45) is 3.76. The number of aryl methyl sites for hydroxylation is 1. The van der Waals surface area contributed by atoms with E-state index in [9.17, 15) is 4.39 Å². The molecule has 4 heteroatoms. The number of aromatic nitrogens is 2. The molecule has 3 aromatic rings. The Balaban J connectivity index is 2.26. The molecule has 0 spiro atoms. The number of pyridine rings is 1. The van der Waals surface area contributed by atoms with Crippen molar-refractivity contribution in [2.45, 2.75) is 6.92 Å². The van der Waals surface area contributed by atoms with Crippen molar-refractivity contribution in [2.24, 2.45) is 0 Å². The smallest absolute Gasteiger partial charge is 0.140 e. The van der Waals surface area contributed by atoms with Crippen LogP contribution in [0.5, 0.6) is 0 Å². The maximum atomic E-state index is 13.7. The molecule has 0 bridgehead atoms. The third-order valence-corrected chi connectivity index (χ3v) is 3.29. The number of nitrogens with zero attached hydrogens (tertiary/aromatic N) is 2. The largest absolute Gasteiger partial charge is 0.305 e. The molecule has 2 nitrogen and oxygen atoms in total. The van der Waals surface area contributed by atoms with Gasteiger partial charge in [0.1, 0.15) is 11.5 Å². The van der Waals surface area contributed by atoms with Crippen LogP contribution in [0.4, 0.5) is 4.39 Å². The Morgan fingerprint density at radius 1 is 1.22 bits per heavy atom. The highest BCUT2D eigenvalue weighted by atomic mass is 79.9. The first-order chi connectivity index (χ1) is 8.65. The SMILES string of the molecule is Cc1cc(Br)cn2cc(-c3ccccc3F)nc12. The highest BCUT2D eigenvalue weighted by molar-refractivity contribution is 9.10. The number of halogens is 2. The topological polar surface area (TPSA) is 17.3 Å². The molecule has 0 aliphatic carbocycles. The van der Waals surface area contributed by atoms with Crippen LogP contribution in [0.3, 0.4) is 0 Å². The number of rotatable bonds is 1. The first kappa shape index (κ1) is 11.4. The van der Waals surface area contributed by atoms with E-state index in [1.165, 1.54) is 6.07 Å².